The van der Waals surface area contributed by atoms with Crippen LogP contribution in [0.4, 0.5) is 10.5 Å². The number of nitrogens with one attached hydrogen (secondary N) is 1. The molecule has 4 aromatic carbocycles. The normalized spacial score (nSPS) is 14.4. The van der Waals surface area contributed by atoms with Crippen LogP contribution in [-0.2, 0) is 24.4 Å². The van der Waals surface area contributed by atoms with Gasteiger partial charge < -0.3 is 19.4 Å². The maximum absolute atomic E-state index is 14.4. The Morgan fingerprint density at radius 2 is 1.33 bits per heavy atom. The van der Waals surface area contributed by atoms with E-state index in [2.05, 4.69) is 4.98 Å². The van der Waals surface area contributed by atoms with Crippen molar-refractivity contribution in [2.75, 3.05) is 12.0 Å². The summed E-state index contributed by atoms with van der Waals surface area (Å²) >= 11 is 0. The highest BCUT2D eigenvalue weighted by Gasteiger charge is 2.41. The molecule has 7 nitrogen and oxygen atoms in total. The molecule has 0 radical (unpaired) electrons. The number of carbonyl (C=O) groups excluding carboxylic acids is 2. The molecule has 1 aliphatic rings. The molecular formula is C35H31N3O4. The van der Waals surface area contributed by atoms with Crippen LogP contribution in [0.15, 0.2) is 121 Å². The summed E-state index contributed by atoms with van der Waals surface area (Å²) in [6.45, 7) is 0.885. The number of aromatic amines is 1. The Hall–Kier alpha value is -5.30. The summed E-state index contributed by atoms with van der Waals surface area (Å²) in [7, 11) is 1.62. The number of amides is 2. The second-order valence-corrected chi connectivity index (χ2v) is 10.2. The lowest BCUT2D eigenvalue weighted by Gasteiger charge is -2.41. The lowest BCUT2D eigenvalue weighted by atomic mass is 9.97. The predicted octanol–water partition coefficient (Wildman–Crippen LogP) is 7.11. The van der Waals surface area contributed by atoms with E-state index in [0.29, 0.717) is 24.5 Å². The Kier molecular flexibility index (Phi) is 7.72. The van der Waals surface area contributed by atoms with E-state index >= 15 is 0 Å². The van der Waals surface area contributed by atoms with Crippen LogP contribution in [0, 0.1) is 0 Å². The largest absolute Gasteiger partial charge is 0.497 e. The summed E-state index contributed by atoms with van der Waals surface area (Å²) in [6, 6.07) is 38.1. The number of hydrogen-bond acceptors (Lipinski definition) is 4. The molecule has 2 amide bonds. The Bertz CT molecular complexity index is 1650. The van der Waals surface area contributed by atoms with Gasteiger partial charge in [-0.15, -0.1) is 0 Å². The van der Waals surface area contributed by atoms with Crippen LogP contribution >= 0.6 is 0 Å². The number of H-pyrrole nitrogens is 1. The zero-order valence-corrected chi connectivity index (χ0v) is 23.3. The van der Waals surface area contributed by atoms with E-state index in [1.165, 1.54) is 0 Å². The third-order valence-corrected chi connectivity index (χ3v) is 7.42. The lowest BCUT2D eigenvalue weighted by Crippen LogP contribution is -2.49. The van der Waals surface area contributed by atoms with Gasteiger partial charge in [0.25, 0.3) is 0 Å². The second-order valence-electron chi connectivity index (χ2n) is 10.2. The zero-order valence-electron chi connectivity index (χ0n) is 23.3. The fraction of sp³-hybridized carbons (Fsp3) is 0.143. The smallest absolute Gasteiger partial charge is 0.355 e. The molecule has 1 N–H and O–H groups in total. The predicted molar refractivity (Wildman–Crippen MR) is 161 cm³/mol. The molecule has 0 saturated carbocycles. The minimum absolute atomic E-state index is 0.151. The van der Waals surface area contributed by atoms with E-state index in [9.17, 15) is 9.59 Å². The van der Waals surface area contributed by atoms with Crippen molar-refractivity contribution in [1.82, 2.24) is 9.88 Å². The number of esters is 1. The lowest BCUT2D eigenvalue weighted by molar-refractivity contribution is 0.0466. The minimum Gasteiger partial charge on any atom is -0.497 e. The standard InChI is InChI=1S/C35H31N3O4/c1-41-29-19-17-28(18-20-29)33-32-31(21-30(36-32)34(39)42-24-27-15-9-4-10-16-27)37(22-25-11-5-2-6-12-25)35(40)38(33)23-26-13-7-3-8-14-26/h2-21,33,36H,22-24H2,1H3. The number of nitrogens with zero attached hydrogens (tertiary/aromatic N) is 2. The Labute approximate surface area is 244 Å². The number of aromatic nitrogens is 1. The first-order valence-electron chi connectivity index (χ1n) is 13.8. The van der Waals surface area contributed by atoms with Gasteiger partial charge in [0, 0.05) is 6.54 Å². The van der Waals surface area contributed by atoms with E-state index in [4.69, 9.17) is 9.47 Å². The van der Waals surface area contributed by atoms with Crippen molar-refractivity contribution >= 4 is 17.7 Å². The number of rotatable bonds is 9. The van der Waals surface area contributed by atoms with E-state index in [-0.39, 0.29) is 12.6 Å². The molecule has 0 fully saturated rings. The molecule has 210 valence electrons. The molecule has 5 aromatic rings. The number of benzene rings is 4. The van der Waals surface area contributed by atoms with E-state index in [1.807, 2.05) is 120 Å². The fourth-order valence-electron chi connectivity index (χ4n) is 5.32. The van der Waals surface area contributed by atoms with Gasteiger partial charge in [0.2, 0.25) is 0 Å². The van der Waals surface area contributed by atoms with Gasteiger partial charge in [-0.3, -0.25) is 4.90 Å². The molecule has 1 atom stereocenters. The number of methoxy groups -OCH3 is 1. The van der Waals surface area contributed by atoms with Crippen molar-refractivity contribution in [2.45, 2.75) is 25.7 Å². The van der Waals surface area contributed by atoms with Crippen LogP contribution in [0.3, 0.4) is 0 Å². The van der Waals surface area contributed by atoms with Crippen LogP contribution in [-0.4, -0.2) is 29.0 Å². The molecule has 7 heteroatoms. The first-order chi connectivity index (χ1) is 20.6. The van der Waals surface area contributed by atoms with E-state index < -0.39 is 12.0 Å². The summed E-state index contributed by atoms with van der Waals surface area (Å²) in [4.78, 5) is 34.6. The van der Waals surface area contributed by atoms with E-state index in [1.54, 1.807) is 18.1 Å². The van der Waals surface area contributed by atoms with Gasteiger partial charge in [0.1, 0.15) is 24.1 Å². The first-order valence-corrected chi connectivity index (χ1v) is 13.8. The van der Waals surface area contributed by atoms with Gasteiger partial charge in [-0.1, -0.05) is 103 Å². The fourth-order valence-corrected chi connectivity index (χ4v) is 5.32. The maximum Gasteiger partial charge on any atom is 0.355 e. The first kappa shape index (κ1) is 26.9. The highest BCUT2D eigenvalue weighted by Crippen LogP contribution is 2.42. The molecule has 0 aliphatic carbocycles. The number of ether oxygens (including phenoxy) is 2. The molecule has 1 aromatic heterocycles. The topological polar surface area (TPSA) is 74.9 Å². The number of hydrogen-bond donors (Lipinski definition) is 1. The van der Waals surface area contributed by atoms with Crippen LogP contribution in [0.1, 0.15) is 44.5 Å². The summed E-state index contributed by atoms with van der Waals surface area (Å²) in [5, 5.41) is 0. The second kappa shape index (κ2) is 12.1. The number of anilines is 1. The van der Waals surface area contributed by atoms with Crippen LogP contribution < -0.4 is 9.64 Å². The quantitative estimate of drug-likeness (QED) is 0.196. The van der Waals surface area contributed by atoms with Crippen LogP contribution in [0.25, 0.3) is 0 Å². The molecule has 0 saturated heterocycles. The SMILES string of the molecule is COc1ccc(C2c3[nH]c(C(=O)OCc4ccccc4)cc3N(Cc3ccccc3)C(=O)N2Cc2ccccc2)cc1. The van der Waals surface area contributed by atoms with Crippen LogP contribution in [0.5, 0.6) is 5.75 Å². The van der Waals surface area contributed by atoms with Crippen molar-refractivity contribution in [2.24, 2.45) is 0 Å². The minimum atomic E-state index is -0.483. The molecule has 6 rings (SSSR count). The van der Waals surface area contributed by atoms with Crippen molar-refractivity contribution < 1.29 is 19.1 Å². The molecule has 0 bridgehead atoms. The monoisotopic (exact) mass is 557 g/mol. The molecule has 42 heavy (non-hydrogen) atoms. The molecule has 1 unspecified atom stereocenters. The molecule has 2 heterocycles. The van der Waals surface area contributed by atoms with Gasteiger partial charge in [0.15, 0.2) is 0 Å². The summed E-state index contributed by atoms with van der Waals surface area (Å²) < 4.78 is 11.1. The van der Waals surface area contributed by atoms with E-state index in [0.717, 1.165) is 33.7 Å². The number of carbonyl (C=O) groups is 2. The average Bonchev–Trinajstić information content (AvgIpc) is 3.49. The van der Waals surface area contributed by atoms with Crippen molar-refractivity contribution in [3.05, 3.63) is 155 Å². The summed E-state index contributed by atoms with van der Waals surface area (Å²) in [5.41, 5.74) is 5.47. The van der Waals surface area contributed by atoms with Crippen molar-refractivity contribution in [3.63, 3.8) is 0 Å². The Morgan fingerprint density at radius 1 is 0.762 bits per heavy atom. The summed E-state index contributed by atoms with van der Waals surface area (Å²) in [5.74, 6) is 0.238. The molecule has 0 spiro atoms. The van der Waals surface area contributed by atoms with Gasteiger partial charge >= 0.3 is 12.0 Å². The van der Waals surface area contributed by atoms with Crippen molar-refractivity contribution in [1.29, 1.82) is 0 Å². The number of urea groups is 1. The van der Waals surface area contributed by atoms with Gasteiger partial charge in [-0.25, -0.2) is 9.59 Å². The van der Waals surface area contributed by atoms with Crippen molar-refractivity contribution in [3.8, 4) is 5.75 Å². The zero-order chi connectivity index (χ0) is 28.9. The van der Waals surface area contributed by atoms with Gasteiger partial charge in [-0.2, -0.15) is 0 Å². The summed E-state index contributed by atoms with van der Waals surface area (Å²) in [6.07, 6.45) is 0. The maximum atomic E-state index is 14.4. The Balaban J connectivity index is 1.43. The van der Waals surface area contributed by atoms with Crippen LogP contribution in [0.2, 0.25) is 0 Å². The van der Waals surface area contributed by atoms with Gasteiger partial charge in [0.05, 0.1) is 25.0 Å². The number of fused-ring (bicyclic) bond motifs is 1. The molecule has 1 aliphatic heterocycles. The third kappa shape index (κ3) is 5.63. The Morgan fingerprint density at radius 3 is 1.93 bits per heavy atom. The average molecular weight is 558 g/mol. The third-order valence-electron chi connectivity index (χ3n) is 7.42. The van der Waals surface area contributed by atoms with Gasteiger partial charge in [-0.05, 0) is 40.5 Å². The highest BCUT2D eigenvalue weighted by molar-refractivity contribution is 5.98. The molecular weight excluding hydrogens is 526 g/mol. The highest BCUT2D eigenvalue weighted by atomic mass is 16.5.